The number of halogens is 1. The third-order valence-electron chi connectivity index (χ3n) is 6.71. The van der Waals surface area contributed by atoms with Crippen LogP contribution < -0.4 is 14.4 Å². The van der Waals surface area contributed by atoms with E-state index < -0.39 is 0 Å². The van der Waals surface area contributed by atoms with E-state index in [0.717, 1.165) is 18.7 Å². The maximum atomic E-state index is 13.8. The minimum atomic E-state index is -0.354. The molecule has 1 aliphatic heterocycles. The number of ether oxygens (including phenoxy) is 2. The molecule has 4 aromatic rings. The van der Waals surface area contributed by atoms with Gasteiger partial charge >= 0.3 is 0 Å². The van der Waals surface area contributed by atoms with Crippen LogP contribution in [0.4, 0.5) is 10.1 Å². The Labute approximate surface area is 215 Å². The van der Waals surface area contributed by atoms with Gasteiger partial charge in [-0.15, -0.1) is 0 Å². The summed E-state index contributed by atoms with van der Waals surface area (Å²) in [7, 11) is 3.17. The number of aryl methyl sites for hydroxylation is 1. The van der Waals surface area contributed by atoms with E-state index in [1.165, 1.54) is 23.4 Å². The maximum absolute atomic E-state index is 13.8. The molecule has 1 saturated heterocycles. The average Bonchev–Trinajstić information content (AvgIpc) is 3.38. The lowest BCUT2D eigenvalue weighted by molar-refractivity contribution is 0.0737. The first-order valence-corrected chi connectivity index (χ1v) is 12.2. The van der Waals surface area contributed by atoms with E-state index >= 15 is 0 Å². The smallest absolute Gasteiger partial charge is 0.272 e. The van der Waals surface area contributed by atoms with Crippen LogP contribution in [-0.4, -0.2) is 61.0 Å². The Morgan fingerprint density at radius 3 is 2.30 bits per heavy atom. The molecule has 0 spiro atoms. The van der Waals surface area contributed by atoms with Crippen LogP contribution in [-0.2, 0) is 0 Å². The molecule has 1 amide bonds. The second-order valence-electron chi connectivity index (χ2n) is 8.93. The number of piperazine rings is 1. The molecule has 190 valence electrons. The Hall–Kier alpha value is -4.33. The van der Waals surface area contributed by atoms with E-state index in [4.69, 9.17) is 14.6 Å². The van der Waals surface area contributed by atoms with Gasteiger partial charge in [-0.1, -0.05) is 18.2 Å². The Balaban J connectivity index is 1.47. The van der Waals surface area contributed by atoms with E-state index in [1.54, 1.807) is 43.2 Å². The van der Waals surface area contributed by atoms with Crippen LogP contribution >= 0.6 is 0 Å². The van der Waals surface area contributed by atoms with Crippen molar-refractivity contribution in [2.75, 3.05) is 45.3 Å². The standard InChI is InChI=1S/C29H29FN4O3/c1-20-6-4-5-7-26(20)32-14-16-33(17-15-32)29(35)27-19-25(24-13-12-23(36-2)18-28(24)37-3)31-34(27)22-10-8-21(30)9-11-22/h4-13,18-19H,14-17H2,1-3H3. The molecule has 3 aromatic carbocycles. The van der Waals surface area contributed by atoms with Gasteiger partial charge in [0.05, 0.1) is 25.6 Å². The highest BCUT2D eigenvalue weighted by Crippen LogP contribution is 2.34. The first kappa shape index (κ1) is 24.4. The van der Waals surface area contributed by atoms with Gasteiger partial charge in [0.2, 0.25) is 0 Å². The van der Waals surface area contributed by atoms with Gasteiger partial charge in [0.1, 0.15) is 23.0 Å². The monoisotopic (exact) mass is 500 g/mol. The van der Waals surface area contributed by atoms with Crippen molar-refractivity contribution in [3.05, 3.63) is 89.9 Å². The molecule has 7 nitrogen and oxygen atoms in total. The number of para-hydroxylation sites is 1. The lowest BCUT2D eigenvalue weighted by atomic mass is 10.1. The van der Waals surface area contributed by atoms with Gasteiger partial charge in [0.25, 0.3) is 5.91 Å². The van der Waals surface area contributed by atoms with Crippen molar-refractivity contribution in [3.63, 3.8) is 0 Å². The minimum Gasteiger partial charge on any atom is -0.497 e. The first-order chi connectivity index (χ1) is 18.0. The molecule has 2 heterocycles. The molecule has 0 saturated carbocycles. The lowest BCUT2D eigenvalue weighted by Crippen LogP contribution is -2.49. The summed E-state index contributed by atoms with van der Waals surface area (Å²) in [5.74, 6) is 0.753. The van der Waals surface area contributed by atoms with E-state index in [0.29, 0.717) is 41.7 Å². The highest BCUT2D eigenvalue weighted by atomic mass is 19.1. The molecule has 37 heavy (non-hydrogen) atoms. The number of rotatable bonds is 6. The number of benzene rings is 3. The second kappa shape index (κ2) is 10.3. The summed E-state index contributed by atoms with van der Waals surface area (Å²) in [6.07, 6.45) is 0. The van der Waals surface area contributed by atoms with Gasteiger partial charge in [-0.05, 0) is 61.0 Å². The molecule has 0 N–H and O–H groups in total. The third kappa shape index (κ3) is 4.87. The van der Waals surface area contributed by atoms with Crippen molar-refractivity contribution < 1.29 is 18.7 Å². The first-order valence-electron chi connectivity index (χ1n) is 12.2. The maximum Gasteiger partial charge on any atom is 0.272 e. The average molecular weight is 501 g/mol. The summed E-state index contributed by atoms with van der Waals surface area (Å²) < 4.78 is 26.1. The Morgan fingerprint density at radius 2 is 1.62 bits per heavy atom. The number of anilines is 1. The molecule has 0 unspecified atom stereocenters. The molecule has 8 heteroatoms. The van der Waals surface area contributed by atoms with E-state index in [1.807, 2.05) is 29.2 Å². The van der Waals surface area contributed by atoms with Gasteiger partial charge in [-0.3, -0.25) is 4.79 Å². The summed E-state index contributed by atoms with van der Waals surface area (Å²) >= 11 is 0. The highest BCUT2D eigenvalue weighted by Gasteiger charge is 2.27. The molecular weight excluding hydrogens is 471 g/mol. The number of methoxy groups -OCH3 is 2. The Kier molecular flexibility index (Phi) is 6.81. The zero-order valence-corrected chi connectivity index (χ0v) is 21.1. The fourth-order valence-electron chi connectivity index (χ4n) is 4.68. The minimum absolute atomic E-state index is 0.125. The molecule has 1 fully saturated rings. The molecule has 0 radical (unpaired) electrons. The number of nitrogens with zero attached hydrogens (tertiary/aromatic N) is 4. The van der Waals surface area contributed by atoms with Gasteiger partial charge in [0, 0.05) is 43.5 Å². The van der Waals surface area contributed by atoms with Crippen molar-refractivity contribution in [2.45, 2.75) is 6.92 Å². The summed E-state index contributed by atoms with van der Waals surface area (Å²) in [5.41, 5.74) is 4.72. The van der Waals surface area contributed by atoms with Crippen molar-refractivity contribution in [2.24, 2.45) is 0 Å². The number of amides is 1. The Bertz CT molecular complexity index is 1410. The highest BCUT2D eigenvalue weighted by molar-refractivity contribution is 5.95. The van der Waals surface area contributed by atoms with Crippen LogP contribution in [0.1, 0.15) is 16.1 Å². The van der Waals surface area contributed by atoms with Gasteiger partial charge in [-0.25, -0.2) is 9.07 Å². The van der Waals surface area contributed by atoms with Crippen molar-refractivity contribution in [1.29, 1.82) is 0 Å². The van der Waals surface area contributed by atoms with Crippen LogP contribution in [0, 0.1) is 12.7 Å². The summed E-state index contributed by atoms with van der Waals surface area (Å²) in [6, 6.07) is 21.5. The molecule has 0 aliphatic carbocycles. The van der Waals surface area contributed by atoms with Gasteiger partial charge < -0.3 is 19.3 Å². The van der Waals surface area contributed by atoms with E-state index in [-0.39, 0.29) is 11.7 Å². The topological polar surface area (TPSA) is 59.8 Å². The predicted octanol–water partition coefficient (Wildman–Crippen LogP) is 4.97. The number of hydrogen-bond donors (Lipinski definition) is 0. The largest absolute Gasteiger partial charge is 0.497 e. The number of carbonyl (C=O) groups excluding carboxylic acids is 1. The lowest BCUT2D eigenvalue weighted by Gasteiger charge is -2.36. The van der Waals surface area contributed by atoms with Crippen LogP contribution in [0.2, 0.25) is 0 Å². The van der Waals surface area contributed by atoms with E-state index in [9.17, 15) is 9.18 Å². The van der Waals surface area contributed by atoms with Crippen LogP contribution in [0.3, 0.4) is 0 Å². The number of carbonyl (C=O) groups is 1. The fourth-order valence-corrected chi connectivity index (χ4v) is 4.68. The van der Waals surface area contributed by atoms with E-state index in [2.05, 4.69) is 24.0 Å². The molecule has 0 bridgehead atoms. The van der Waals surface area contributed by atoms with Gasteiger partial charge in [0.15, 0.2) is 0 Å². The SMILES string of the molecule is COc1ccc(-c2cc(C(=O)N3CCN(c4ccccc4C)CC3)n(-c3ccc(F)cc3)n2)c(OC)c1. The Morgan fingerprint density at radius 1 is 0.892 bits per heavy atom. The quantitative estimate of drug-likeness (QED) is 0.374. The molecule has 1 aliphatic rings. The zero-order valence-electron chi connectivity index (χ0n) is 21.1. The number of aromatic nitrogens is 2. The summed E-state index contributed by atoms with van der Waals surface area (Å²) in [6.45, 7) is 4.75. The molecule has 1 aromatic heterocycles. The van der Waals surface area contributed by atoms with Crippen LogP contribution in [0.25, 0.3) is 16.9 Å². The van der Waals surface area contributed by atoms with Crippen molar-refractivity contribution in [3.8, 4) is 28.4 Å². The summed E-state index contributed by atoms with van der Waals surface area (Å²) in [4.78, 5) is 17.9. The molecule has 0 atom stereocenters. The van der Waals surface area contributed by atoms with Crippen molar-refractivity contribution in [1.82, 2.24) is 14.7 Å². The number of hydrogen-bond acceptors (Lipinski definition) is 5. The predicted molar refractivity (Wildman–Crippen MR) is 141 cm³/mol. The summed E-state index contributed by atoms with van der Waals surface area (Å²) in [5, 5.41) is 4.75. The van der Waals surface area contributed by atoms with Gasteiger partial charge in [-0.2, -0.15) is 5.10 Å². The normalized spacial score (nSPS) is 13.5. The van der Waals surface area contributed by atoms with Crippen LogP contribution in [0.5, 0.6) is 11.5 Å². The molecule has 5 rings (SSSR count). The third-order valence-corrected chi connectivity index (χ3v) is 6.71. The molecular formula is C29H29FN4O3. The van der Waals surface area contributed by atoms with Crippen molar-refractivity contribution >= 4 is 11.6 Å². The van der Waals surface area contributed by atoms with Crippen LogP contribution in [0.15, 0.2) is 72.8 Å². The fraction of sp³-hybridized carbons (Fsp3) is 0.241. The zero-order chi connectivity index (χ0) is 25.9. The second-order valence-corrected chi connectivity index (χ2v) is 8.93.